The van der Waals surface area contributed by atoms with E-state index >= 15 is 0 Å². The van der Waals surface area contributed by atoms with Crippen LogP contribution in [0.1, 0.15) is 130 Å². The van der Waals surface area contributed by atoms with E-state index in [1.807, 2.05) is 88.4 Å². The monoisotopic (exact) mass is 801 g/mol. The number of hydrogen-bond donors (Lipinski definition) is 3. The third kappa shape index (κ3) is 11.0. The summed E-state index contributed by atoms with van der Waals surface area (Å²) in [5, 5.41) is 0. The third-order valence-corrected chi connectivity index (χ3v) is 10.2. The van der Waals surface area contributed by atoms with E-state index in [1.54, 1.807) is 26.0 Å². The van der Waals surface area contributed by atoms with E-state index in [0.717, 1.165) is 56.2 Å². The van der Waals surface area contributed by atoms with Crippen LogP contribution in [0.4, 0.5) is 0 Å². The van der Waals surface area contributed by atoms with Crippen molar-refractivity contribution in [3.05, 3.63) is 151 Å². The van der Waals surface area contributed by atoms with E-state index in [2.05, 4.69) is 15.0 Å². The van der Waals surface area contributed by atoms with Gasteiger partial charge >= 0.3 is 23.9 Å². The van der Waals surface area contributed by atoms with Crippen LogP contribution in [0.15, 0.2) is 72.8 Å². The first-order valence-electron chi connectivity index (χ1n) is 20.5. The summed E-state index contributed by atoms with van der Waals surface area (Å²) in [5.74, 6) is -1.92. The summed E-state index contributed by atoms with van der Waals surface area (Å²) in [6.45, 7) is 12.3. The lowest BCUT2D eigenvalue weighted by molar-refractivity contribution is -0.138. The Morgan fingerprint density at radius 3 is 1.19 bits per heavy atom. The molecule has 0 radical (unpaired) electrons. The van der Waals surface area contributed by atoms with Crippen LogP contribution < -0.4 is 0 Å². The lowest BCUT2D eigenvalue weighted by Gasteiger charge is -2.06. The van der Waals surface area contributed by atoms with Crippen LogP contribution in [0, 0.1) is 0 Å². The molecule has 0 amide bonds. The van der Waals surface area contributed by atoms with Gasteiger partial charge in [-0.05, 0) is 85.1 Å². The Balaban J connectivity index is 1.60. The highest BCUT2D eigenvalue weighted by Crippen LogP contribution is 2.32. The van der Waals surface area contributed by atoms with Crippen LogP contribution in [0.3, 0.4) is 0 Å². The summed E-state index contributed by atoms with van der Waals surface area (Å²) in [6.07, 6.45) is 9.28. The second kappa shape index (κ2) is 21.4. The van der Waals surface area contributed by atoms with Crippen LogP contribution in [0.25, 0.3) is 12.2 Å². The Morgan fingerprint density at radius 1 is 0.475 bits per heavy atom. The molecule has 2 aromatic carbocycles. The van der Waals surface area contributed by atoms with Gasteiger partial charge in [-0.15, -0.1) is 0 Å². The minimum absolute atomic E-state index is 0.141. The summed E-state index contributed by atoms with van der Waals surface area (Å²) in [4.78, 5) is 63.0. The Hall–Kier alpha value is -6.36. The van der Waals surface area contributed by atoms with E-state index in [0.29, 0.717) is 61.0 Å². The van der Waals surface area contributed by atoms with Crippen LogP contribution in [0.2, 0.25) is 0 Å². The first-order valence-corrected chi connectivity index (χ1v) is 20.5. The zero-order valence-corrected chi connectivity index (χ0v) is 34.9. The maximum Gasteiger partial charge on any atom is 0.355 e. The molecule has 310 valence electrons. The van der Waals surface area contributed by atoms with Crippen molar-refractivity contribution in [1.82, 2.24) is 15.0 Å². The maximum absolute atomic E-state index is 13.6. The molecule has 11 heteroatoms. The SMILES string of the molecule is CCOC(=O)/C=C/c1c(Cc2[nH]c(C(=O)OCc3ccccc3)c(CC)c2CC)[nH]c(Cc2[nH]c(C(=O)OCc3ccccc3)c(CC)c2CC)c1/C=C/C(=O)OCC. The van der Waals surface area contributed by atoms with Gasteiger partial charge < -0.3 is 33.9 Å². The van der Waals surface area contributed by atoms with Crippen molar-refractivity contribution >= 4 is 36.0 Å². The van der Waals surface area contributed by atoms with Gasteiger partial charge in [-0.2, -0.15) is 0 Å². The highest BCUT2D eigenvalue weighted by molar-refractivity contribution is 5.92. The first-order chi connectivity index (χ1) is 28.6. The molecule has 3 N–H and O–H groups in total. The normalized spacial score (nSPS) is 11.4. The van der Waals surface area contributed by atoms with Crippen LogP contribution in [0.5, 0.6) is 0 Å². The number of carbonyl (C=O) groups excluding carboxylic acids is 4. The smallest absolute Gasteiger partial charge is 0.355 e. The van der Waals surface area contributed by atoms with Crippen LogP contribution >= 0.6 is 0 Å². The van der Waals surface area contributed by atoms with Gasteiger partial charge in [0.05, 0.1) is 13.2 Å². The van der Waals surface area contributed by atoms with Gasteiger partial charge in [-0.1, -0.05) is 88.4 Å². The molecule has 3 aromatic heterocycles. The minimum atomic E-state index is -0.517. The molecule has 0 spiro atoms. The molecule has 0 atom stereocenters. The fourth-order valence-corrected chi connectivity index (χ4v) is 7.48. The fraction of sp³-hybridized carbons (Fsp3) is 0.333. The number of ether oxygens (including phenoxy) is 4. The average molecular weight is 802 g/mol. The van der Waals surface area contributed by atoms with Crippen molar-refractivity contribution in [2.45, 2.75) is 93.3 Å². The predicted octanol–water partition coefficient (Wildman–Crippen LogP) is 8.97. The second-order valence-electron chi connectivity index (χ2n) is 13.8. The van der Waals surface area contributed by atoms with Crippen molar-refractivity contribution < 1.29 is 38.1 Å². The van der Waals surface area contributed by atoms with Crippen molar-refractivity contribution in [2.75, 3.05) is 13.2 Å². The van der Waals surface area contributed by atoms with Crippen molar-refractivity contribution in [3.8, 4) is 0 Å². The summed E-state index contributed by atoms with van der Waals surface area (Å²) in [6, 6.07) is 19.1. The van der Waals surface area contributed by atoms with Gasteiger partial charge in [0, 0.05) is 58.9 Å². The van der Waals surface area contributed by atoms with E-state index in [4.69, 9.17) is 18.9 Å². The molecule has 59 heavy (non-hydrogen) atoms. The average Bonchev–Trinajstić information content (AvgIpc) is 3.91. The maximum atomic E-state index is 13.6. The molecule has 0 aliphatic heterocycles. The largest absolute Gasteiger partial charge is 0.463 e. The Kier molecular flexibility index (Phi) is 15.9. The van der Waals surface area contributed by atoms with Crippen LogP contribution in [-0.4, -0.2) is 52.0 Å². The molecule has 0 fully saturated rings. The number of H-pyrrole nitrogens is 3. The number of esters is 4. The van der Waals surface area contributed by atoms with E-state index in [9.17, 15) is 19.2 Å². The number of rotatable bonds is 20. The lowest BCUT2D eigenvalue weighted by Crippen LogP contribution is -2.08. The van der Waals surface area contributed by atoms with E-state index in [-0.39, 0.29) is 26.4 Å². The molecular formula is C48H55N3O8. The molecule has 0 aliphatic rings. The summed E-state index contributed by atoms with van der Waals surface area (Å²) in [7, 11) is 0. The topological polar surface area (TPSA) is 153 Å². The first kappa shape index (κ1) is 43.8. The highest BCUT2D eigenvalue weighted by atomic mass is 16.5. The molecular weight excluding hydrogens is 747 g/mol. The van der Waals surface area contributed by atoms with Crippen molar-refractivity contribution in [3.63, 3.8) is 0 Å². The summed E-state index contributed by atoms with van der Waals surface area (Å²) >= 11 is 0. The van der Waals surface area contributed by atoms with Crippen LogP contribution in [-0.2, 0) is 80.3 Å². The number of nitrogens with one attached hydrogen (secondary N) is 3. The third-order valence-electron chi connectivity index (χ3n) is 10.2. The predicted molar refractivity (Wildman–Crippen MR) is 228 cm³/mol. The zero-order valence-electron chi connectivity index (χ0n) is 34.9. The Morgan fingerprint density at radius 2 is 0.847 bits per heavy atom. The van der Waals surface area contributed by atoms with Crippen molar-refractivity contribution in [2.24, 2.45) is 0 Å². The molecule has 0 aliphatic carbocycles. The standard InChI is InChI=1S/C48H55N3O8/c1-7-33-35(9-3)45(47(54)58-29-31-19-15-13-16-20-31)50-39(33)27-41-37(23-25-43(52)56-11-5)38(24-26-44(53)57-12-6)42(49-41)28-40-34(8-2)36(10-4)46(51-40)48(55)59-30-32-21-17-14-18-22-32/h13-26,49-51H,7-12,27-30H2,1-6H3/b25-23+,26-24+. The van der Waals surface area contributed by atoms with Gasteiger partial charge in [0.1, 0.15) is 24.6 Å². The minimum Gasteiger partial charge on any atom is -0.463 e. The lowest BCUT2D eigenvalue weighted by atomic mass is 9.98. The van der Waals surface area contributed by atoms with E-state index < -0.39 is 23.9 Å². The number of aromatic amines is 3. The number of hydrogen-bond acceptors (Lipinski definition) is 8. The molecule has 3 heterocycles. The number of carbonyl (C=O) groups is 4. The number of aromatic nitrogens is 3. The number of benzene rings is 2. The fourth-order valence-electron chi connectivity index (χ4n) is 7.48. The molecule has 5 rings (SSSR count). The van der Waals surface area contributed by atoms with Gasteiger partial charge in [0.2, 0.25) is 0 Å². The summed E-state index contributed by atoms with van der Waals surface area (Å²) in [5.41, 5.74) is 10.8. The highest BCUT2D eigenvalue weighted by Gasteiger charge is 2.26. The van der Waals surface area contributed by atoms with Gasteiger partial charge in [0.25, 0.3) is 0 Å². The van der Waals surface area contributed by atoms with Gasteiger partial charge in [-0.25, -0.2) is 19.2 Å². The molecule has 0 saturated carbocycles. The van der Waals surface area contributed by atoms with E-state index in [1.165, 1.54) is 12.2 Å². The zero-order chi connectivity index (χ0) is 42.3. The Labute approximate surface area is 346 Å². The Bertz CT molecular complexity index is 2120. The molecule has 11 nitrogen and oxygen atoms in total. The molecule has 0 unspecified atom stereocenters. The second-order valence-corrected chi connectivity index (χ2v) is 13.8. The van der Waals surface area contributed by atoms with Crippen molar-refractivity contribution in [1.29, 1.82) is 0 Å². The molecule has 5 aromatic rings. The summed E-state index contributed by atoms with van der Waals surface area (Å²) < 4.78 is 22.0. The van der Waals surface area contributed by atoms with Gasteiger partial charge in [-0.3, -0.25) is 0 Å². The quantitative estimate of drug-likeness (QED) is 0.0401. The molecule has 0 saturated heterocycles. The molecule has 0 bridgehead atoms. The van der Waals surface area contributed by atoms with Gasteiger partial charge in [0.15, 0.2) is 0 Å².